The number of aliphatic hydroxyl groups excluding tert-OH is 1. The van der Waals surface area contributed by atoms with E-state index in [2.05, 4.69) is 0 Å². The van der Waals surface area contributed by atoms with E-state index in [1.54, 1.807) is 0 Å². The van der Waals surface area contributed by atoms with Crippen LogP contribution in [0, 0.1) is 11.6 Å². The molecule has 0 aliphatic heterocycles. The van der Waals surface area contributed by atoms with Crippen molar-refractivity contribution >= 4 is 11.9 Å². The van der Waals surface area contributed by atoms with Crippen molar-refractivity contribution in [3.05, 3.63) is 34.9 Å². The fourth-order valence-electron chi connectivity index (χ4n) is 1.83. The molecule has 1 aromatic carbocycles. The quantitative estimate of drug-likeness (QED) is 0.504. The molecule has 0 fully saturated rings. The Bertz CT molecular complexity index is 478. The van der Waals surface area contributed by atoms with Crippen molar-refractivity contribution in [1.82, 2.24) is 0 Å². The summed E-state index contributed by atoms with van der Waals surface area (Å²) in [5, 5.41) is 29.9. The lowest BCUT2D eigenvalue weighted by Crippen LogP contribution is -2.42. The fraction of sp³-hybridized carbons (Fsp3) is 0.385. The van der Waals surface area contributed by atoms with Gasteiger partial charge in [0.15, 0.2) is 0 Å². The van der Waals surface area contributed by atoms with Crippen molar-refractivity contribution in [1.29, 1.82) is 0 Å². The van der Waals surface area contributed by atoms with Crippen molar-refractivity contribution in [2.45, 2.75) is 25.2 Å². The number of carbonyl (C=O) groups is 2. The van der Waals surface area contributed by atoms with Crippen LogP contribution in [0.4, 0.5) is 8.78 Å². The molecule has 1 rings (SSSR count). The number of unbranched alkanes of at least 4 members (excludes halogenated alkanes) is 1. The van der Waals surface area contributed by atoms with Crippen molar-refractivity contribution < 1.29 is 33.7 Å². The van der Waals surface area contributed by atoms with Crippen LogP contribution in [0.15, 0.2) is 12.1 Å². The van der Waals surface area contributed by atoms with Gasteiger partial charge in [-0.25, -0.2) is 8.78 Å². The Hall–Kier alpha value is -2.02. The van der Waals surface area contributed by atoms with Gasteiger partial charge in [-0.1, -0.05) is 0 Å². The van der Waals surface area contributed by atoms with E-state index in [0.717, 1.165) is 12.1 Å². The van der Waals surface area contributed by atoms with E-state index >= 15 is 0 Å². The smallest absolute Gasteiger partial charge is 0.130 e. The summed E-state index contributed by atoms with van der Waals surface area (Å²) in [6, 6.07) is 1.74. The summed E-state index contributed by atoms with van der Waals surface area (Å²) in [4.78, 5) is 21.3. The first-order valence-electron chi connectivity index (χ1n) is 5.88. The third kappa shape index (κ3) is 3.74. The molecule has 0 heterocycles. The molecule has 20 heavy (non-hydrogen) atoms. The van der Waals surface area contributed by atoms with Gasteiger partial charge >= 0.3 is 0 Å². The zero-order valence-electron chi connectivity index (χ0n) is 10.4. The van der Waals surface area contributed by atoms with Crippen LogP contribution in [0.1, 0.15) is 29.9 Å². The van der Waals surface area contributed by atoms with Crippen molar-refractivity contribution in [3.63, 3.8) is 0 Å². The van der Waals surface area contributed by atoms with E-state index in [9.17, 15) is 28.6 Å². The number of carboxylic acids is 2. The van der Waals surface area contributed by atoms with Crippen LogP contribution in [0.3, 0.4) is 0 Å². The van der Waals surface area contributed by atoms with Gasteiger partial charge in [0, 0.05) is 12.2 Å². The largest absolute Gasteiger partial charge is 0.549 e. The second kappa shape index (κ2) is 6.95. The number of benzene rings is 1. The van der Waals surface area contributed by atoms with Gasteiger partial charge in [0.1, 0.15) is 11.6 Å². The maximum atomic E-state index is 13.7. The summed E-state index contributed by atoms with van der Waals surface area (Å²) >= 11 is 0. The molecular weight excluding hydrogens is 274 g/mol. The molecule has 0 bridgehead atoms. The van der Waals surface area contributed by atoms with Crippen molar-refractivity contribution in [3.8, 4) is 0 Å². The lowest BCUT2D eigenvalue weighted by Gasteiger charge is -2.21. The Balaban J connectivity index is 3.10. The fourth-order valence-corrected chi connectivity index (χ4v) is 1.83. The Morgan fingerprint density at radius 2 is 1.60 bits per heavy atom. The zero-order chi connectivity index (χ0) is 15.3. The molecule has 0 amide bonds. The molecular formula is C13H12F2O5-2. The SMILES string of the molecule is O=C([O-])C(C(=O)[O-])c1c(F)cc(CCCCO)cc1F. The first-order chi connectivity index (χ1) is 9.38. The lowest BCUT2D eigenvalue weighted by atomic mass is 9.95. The standard InChI is InChI=1S/C13H14F2O5/c14-8-5-7(3-1-2-4-16)6-9(15)10(8)11(12(17)18)13(19)20/h5-6,11,16H,1-4H2,(H,17,18)(H,19,20)/p-2. The maximum absolute atomic E-state index is 13.7. The van der Waals surface area contributed by atoms with E-state index in [4.69, 9.17) is 5.11 Å². The van der Waals surface area contributed by atoms with Gasteiger partial charge in [0.2, 0.25) is 0 Å². The molecule has 0 unspecified atom stereocenters. The van der Waals surface area contributed by atoms with Gasteiger partial charge in [-0.2, -0.15) is 0 Å². The molecule has 7 heteroatoms. The summed E-state index contributed by atoms with van der Waals surface area (Å²) in [6.45, 7) is -0.0551. The van der Waals surface area contributed by atoms with E-state index in [1.165, 1.54) is 0 Å². The third-order valence-corrected chi connectivity index (χ3v) is 2.77. The third-order valence-electron chi connectivity index (χ3n) is 2.77. The first kappa shape index (κ1) is 16.0. The zero-order valence-corrected chi connectivity index (χ0v) is 10.4. The predicted molar refractivity (Wildman–Crippen MR) is 59.1 cm³/mol. The van der Waals surface area contributed by atoms with Crippen LogP contribution in [-0.4, -0.2) is 23.7 Å². The van der Waals surface area contributed by atoms with Crippen LogP contribution in [0.25, 0.3) is 0 Å². The van der Waals surface area contributed by atoms with E-state index in [0.29, 0.717) is 12.8 Å². The van der Waals surface area contributed by atoms with Crippen LogP contribution >= 0.6 is 0 Å². The van der Waals surface area contributed by atoms with E-state index in [1.807, 2.05) is 0 Å². The number of aryl methyl sites for hydroxylation is 1. The molecule has 0 atom stereocenters. The summed E-state index contributed by atoms with van der Waals surface area (Å²) in [5.41, 5.74) is -0.858. The van der Waals surface area contributed by atoms with Crippen molar-refractivity contribution in [2.24, 2.45) is 0 Å². The minimum absolute atomic E-state index is 0.0551. The summed E-state index contributed by atoms with van der Waals surface area (Å²) in [7, 11) is 0. The average Bonchev–Trinajstić information content (AvgIpc) is 2.33. The second-order valence-corrected chi connectivity index (χ2v) is 4.22. The highest BCUT2D eigenvalue weighted by molar-refractivity contribution is 5.97. The molecule has 0 radical (unpaired) electrons. The summed E-state index contributed by atoms with van der Waals surface area (Å²) in [5.74, 6) is -9.34. The Labute approximate surface area is 113 Å². The monoisotopic (exact) mass is 286 g/mol. The van der Waals surface area contributed by atoms with Crippen LogP contribution in [-0.2, 0) is 16.0 Å². The van der Waals surface area contributed by atoms with Gasteiger partial charge in [0.25, 0.3) is 0 Å². The number of carbonyl (C=O) groups excluding carboxylic acids is 2. The highest BCUT2D eigenvalue weighted by Crippen LogP contribution is 2.24. The molecule has 1 aromatic rings. The number of rotatable bonds is 7. The number of aliphatic carboxylic acids is 2. The van der Waals surface area contributed by atoms with Gasteiger partial charge in [-0.15, -0.1) is 0 Å². The maximum Gasteiger partial charge on any atom is 0.130 e. The molecule has 1 N–H and O–H groups in total. The summed E-state index contributed by atoms with van der Waals surface area (Å²) in [6.07, 6.45) is 1.21. The van der Waals surface area contributed by atoms with Gasteiger partial charge < -0.3 is 24.9 Å². The average molecular weight is 286 g/mol. The molecule has 0 spiro atoms. The van der Waals surface area contributed by atoms with Crippen molar-refractivity contribution in [2.75, 3.05) is 6.61 Å². The Morgan fingerprint density at radius 1 is 1.10 bits per heavy atom. The molecule has 5 nitrogen and oxygen atoms in total. The highest BCUT2D eigenvalue weighted by atomic mass is 19.1. The van der Waals surface area contributed by atoms with Gasteiger partial charge in [0.05, 0.1) is 17.9 Å². The topological polar surface area (TPSA) is 100 Å². The van der Waals surface area contributed by atoms with E-state index in [-0.39, 0.29) is 18.6 Å². The Kier molecular flexibility index (Phi) is 5.57. The normalized spacial score (nSPS) is 10.8. The number of halogens is 2. The number of aliphatic hydroxyl groups is 1. The van der Waals surface area contributed by atoms with Crippen LogP contribution in [0.5, 0.6) is 0 Å². The number of carboxylic acid groups (broad SMARTS) is 2. The number of hydrogen-bond acceptors (Lipinski definition) is 5. The molecule has 0 saturated carbocycles. The van der Waals surface area contributed by atoms with Gasteiger partial charge in [-0.05, 0) is 37.0 Å². The molecule has 110 valence electrons. The minimum atomic E-state index is -2.50. The molecule has 0 aromatic heterocycles. The first-order valence-corrected chi connectivity index (χ1v) is 5.88. The number of hydrogen-bond donors (Lipinski definition) is 1. The van der Waals surface area contributed by atoms with Gasteiger partial charge in [-0.3, -0.25) is 0 Å². The summed E-state index contributed by atoms with van der Waals surface area (Å²) < 4.78 is 27.4. The molecule has 0 saturated heterocycles. The van der Waals surface area contributed by atoms with Crippen LogP contribution < -0.4 is 10.2 Å². The Morgan fingerprint density at radius 3 is 2.00 bits per heavy atom. The lowest BCUT2D eigenvalue weighted by molar-refractivity contribution is -0.326. The second-order valence-electron chi connectivity index (χ2n) is 4.22. The highest BCUT2D eigenvalue weighted by Gasteiger charge is 2.23. The molecule has 0 aliphatic rings. The predicted octanol–water partition coefficient (Wildman–Crippen LogP) is -1.14. The molecule has 0 aliphatic carbocycles. The van der Waals surface area contributed by atoms with Crippen LogP contribution in [0.2, 0.25) is 0 Å². The van der Waals surface area contributed by atoms with E-state index < -0.39 is 35.1 Å². The minimum Gasteiger partial charge on any atom is -0.549 e.